The lowest BCUT2D eigenvalue weighted by molar-refractivity contribution is 0.448. The Morgan fingerprint density at radius 3 is 2.87 bits per heavy atom. The first-order chi connectivity index (χ1) is 7.35. The fraction of sp³-hybridized carbons (Fsp3) is 0.286. The van der Waals surface area contributed by atoms with Crippen molar-refractivity contribution in [2.75, 3.05) is 0 Å². The van der Waals surface area contributed by atoms with E-state index in [9.17, 15) is 0 Å². The van der Waals surface area contributed by atoms with Gasteiger partial charge in [0, 0.05) is 6.04 Å². The van der Waals surface area contributed by atoms with Gasteiger partial charge in [-0.2, -0.15) is 0 Å². The van der Waals surface area contributed by atoms with Crippen LogP contribution in [0, 0.1) is 0 Å². The van der Waals surface area contributed by atoms with Crippen LogP contribution in [0.1, 0.15) is 23.6 Å². The molecular formula is C14H17N. The fourth-order valence-electron chi connectivity index (χ4n) is 2.24. The van der Waals surface area contributed by atoms with Gasteiger partial charge in [0.1, 0.15) is 0 Å². The fourth-order valence-corrected chi connectivity index (χ4v) is 2.24. The minimum atomic E-state index is 0.292. The van der Waals surface area contributed by atoms with Crippen molar-refractivity contribution < 1.29 is 0 Å². The van der Waals surface area contributed by atoms with Gasteiger partial charge in [0.2, 0.25) is 0 Å². The van der Waals surface area contributed by atoms with Crippen LogP contribution in [0.3, 0.4) is 0 Å². The van der Waals surface area contributed by atoms with Crippen LogP contribution in [0.2, 0.25) is 0 Å². The van der Waals surface area contributed by atoms with Crippen molar-refractivity contribution in [3.05, 3.63) is 60.7 Å². The second kappa shape index (κ2) is 4.45. The predicted molar refractivity (Wildman–Crippen MR) is 64.8 cm³/mol. The standard InChI is InChI=1S/C14H17N/c1-3-7-12-10-11-8-5-6-9-13(11)14(4-2)15-12/h3-6,8-9,12,14-15H,1-2,7,10H2/t12-,14-/m0/s1. The zero-order chi connectivity index (χ0) is 10.7. The van der Waals surface area contributed by atoms with Gasteiger partial charge in [-0.3, -0.25) is 0 Å². The number of rotatable bonds is 3. The van der Waals surface area contributed by atoms with E-state index in [1.165, 1.54) is 11.1 Å². The zero-order valence-corrected chi connectivity index (χ0v) is 8.95. The van der Waals surface area contributed by atoms with E-state index in [-0.39, 0.29) is 0 Å². The van der Waals surface area contributed by atoms with E-state index in [0.29, 0.717) is 12.1 Å². The van der Waals surface area contributed by atoms with Crippen LogP contribution in [-0.2, 0) is 6.42 Å². The molecule has 1 aliphatic heterocycles. The third kappa shape index (κ3) is 2.02. The van der Waals surface area contributed by atoms with Gasteiger partial charge in [-0.25, -0.2) is 0 Å². The molecule has 0 saturated heterocycles. The summed E-state index contributed by atoms with van der Waals surface area (Å²) in [5.41, 5.74) is 2.81. The molecule has 0 radical (unpaired) electrons. The molecule has 0 bridgehead atoms. The SMILES string of the molecule is C=CC[C@H]1Cc2ccccc2[C@H](C=C)N1. The lowest BCUT2D eigenvalue weighted by atomic mass is 9.89. The van der Waals surface area contributed by atoms with E-state index >= 15 is 0 Å². The number of hydrogen-bond donors (Lipinski definition) is 1. The minimum Gasteiger partial charge on any atom is -0.303 e. The summed E-state index contributed by atoms with van der Waals surface area (Å²) in [5.74, 6) is 0. The summed E-state index contributed by atoms with van der Waals surface area (Å²) < 4.78 is 0. The van der Waals surface area contributed by atoms with Crippen molar-refractivity contribution in [1.82, 2.24) is 5.32 Å². The predicted octanol–water partition coefficient (Wildman–Crippen LogP) is 3.00. The van der Waals surface area contributed by atoms with Crippen molar-refractivity contribution in [3.63, 3.8) is 0 Å². The Morgan fingerprint density at radius 2 is 2.13 bits per heavy atom. The number of hydrogen-bond acceptors (Lipinski definition) is 1. The third-order valence-electron chi connectivity index (χ3n) is 2.96. The molecule has 1 aliphatic rings. The van der Waals surface area contributed by atoms with E-state index in [4.69, 9.17) is 0 Å². The Balaban J connectivity index is 2.29. The average Bonchev–Trinajstić information content (AvgIpc) is 2.28. The molecule has 0 aliphatic carbocycles. The minimum absolute atomic E-state index is 0.292. The largest absolute Gasteiger partial charge is 0.303 e. The monoisotopic (exact) mass is 199 g/mol. The van der Waals surface area contributed by atoms with Gasteiger partial charge in [0.15, 0.2) is 0 Å². The van der Waals surface area contributed by atoms with E-state index < -0.39 is 0 Å². The first-order valence-electron chi connectivity index (χ1n) is 5.42. The summed E-state index contributed by atoms with van der Waals surface area (Å²) in [6.07, 6.45) is 6.06. The molecule has 1 aromatic rings. The summed E-state index contributed by atoms with van der Waals surface area (Å²) >= 11 is 0. The van der Waals surface area contributed by atoms with Crippen LogP contribution in [-0.4, -0.2) is 6.04 Å². The molecule has 1 nitrogen and oxygen atoms in total. The van der Waals surface area contributed by atoms with Crippen LogP contribution in [0.5, 0.6) is 0 Å². The van der Waals surface area contributed by atoms with Crippen molar-refractivity contribution in [1.29, 1.82) is 0 Å². The molecular weight excluding hydrogens is 182 g/mol. The molecule has 1 heteroatoms. The van der Waals surface area contributed by atoms with Gasteiger partial charge in [-0.15, -0.1) is 13.2 Å². The lowest BCUT2D eigenvalue weighted by Crippen LogP contribution is -2.38. The van der Waals surface area contributed by atoms with E-state index in [1.54, 1.807) is 0 Å². The quantitative estimate of drug-likeness (QED) is 0.738. The number of fused-ring (bicyclic) bond motifs is 1. The first kappa shape index (κ1) is 10.2. The van der Waals surface area contributed by atoms with Gasteiger partial charge in [-0.1, -0.05) is 36.4 Å². The third-order valence-corrected chi connectivity index (χ3v) is 2.96. The molecule has 0 spiro atoms. The second-order valence-electron chi connectivity index (χ2n) is 4.00. The topological polar surface area (TPSA) is 12.0 Å². The van der Waals surface area contributed by atoms with Crippen LogP contribution in [0.4, 0.5) is 0 Å². The van der Waals surface area contributed by atoms with Gasteiger partial charge in [0.05, 0.1) is 6.04 Å². The van der Waals surface area contributed by atoms with E-state index in [2.05, 4.69) is 42.7 Å². The highest BCUT2D eigenvalue weighted by Crippen LogP contribution is 2.26. The Kier molecular flexibility index (Phi) is 3.02. The Labute approximate surface area is 91.5 Å². The Morgan fingerprint density at radius 1 is 1.33 bits per heavy atom. The Hall–Kier alpha value is -1.34. The number of benzene rings is 1. The highest BCUT2D eigenvalue weighted by molar-refractivity contribution is 5.35. The summed E-state index contributed by atoms with van der Waals surface area (Å²) in [5, 5.41) is 3.57. The van der Waals surface area contributed by atoms with Crippen molar-refractivity contribution in [3.8, 4) is 0 Å². The van der Waals surface area contributed by atoms with Crippen LogP contribution in [0.25, 0.3) is 0 Å². The maximum atomic E-state index is 3.89. The van der Waals surface area contributed by atoms with E-state index in [0.717, 1.165) is 12.8 Å². The highest BCUT2D eigenvalue weighted by Gasteiger charge is 2.22. The van der Waals surface area contributed by atoms with Gasteiger partial charge in [-0.05, 0) is 24.0 Å². The molecule has 1 heterocycles. The molecule has 78 valence electrons. The van der Waals surface area contributed by atoms with Crippen LogP contribution < -0.4 is 5.32 Å². The molecule has 0 amide bonds. The number of nitrogens with one attached hydrogen (secondary N) is 1. The highest BCUT2D eigenvalue weighted by atomic mass is 15.0. The van der Waals surface area contributed by atoms with Gasteiger partial charge < -0.3 is 5.32 Å². The zero-order valence-electron chi connectivity index (χ0n) is 8.95. The second-order valence-corrected chi connectivity index (χ2v) is 4.00. The van der Waals surface area contributed by atoms with Crippen LogP contribution in [0.15, 0.2) is 49.6 Å². The summed E-state index contributed by atoms with van der Waals surface area (Å²) in [6, 6.07) is 9.38. The molecule has 0 unspecified atom stereocenters. The molecule has 0 saturated carbocycles. The lowest BCUT2D eigenvalue weighted by Gasteiger charge is -2.31. The van der Waals surface area contributed by atoms with Crippen molar-refractivity contribution in [2.24, 2.45) is 0 Å². The summed E-state index contributed by atoms with van der Waals surface area (Å²) in [6.45, 7) is 7.69. The summed E-state index contributed by atoms with van der Waals surface area (Å²) in [7, 11) is 0. The van der Waals surface area contributed by atoms with Crippen LogP contribution >= 0.6 is 0 Å². The molecule has 0 aromatic heterocycles. The maximum absolute atomic E-state index is 3.89. The normalized spacial score (nSPS) is 24.3. The van der Waals surface area contributed by atoms with Gasteiger partial charge in [0.25, 0.3) is 0 Å². The first-order valence-corrected chi connectivity index (χ1v) is 5.42. The summed E-state index contributed by atoms with van der Waals surface area (Å²) in [4.78, 5) is 0. The molecule has 2 rings (SSSR count). The average molecular weight is 199 g/mol. The van der Waals surface area contributed by atoms with Crippen molar-refractivity contribution >= 4 is 0 Å². The Bertz CT molecular complexity index is 367. The maximum Gasteiger partial charge on any atom is 0.0508 e. The molecule has 0 fully saturated rings. The molecule has 2 atom stereocenters. The van der Waals surface area contributed by atoms with Crippen molar-refractivity contribution in [2.45, 2.75) is 24.9 Å². The molecule has 1 N–H and O–H groups in total. The van der Waals surface area contributed by atoms with Gasteiger partial charge >= 0.3 is 0 Å². The van der Waals surface area contributed by atoms with E-state index in [1.807, 2.05) is 12.2 Å². The smallest absolute Gasteiger partial charge is 0.0508 e. The molecule has 1 aromatic carbocycles. The molecule has 15 heavy (non-hydrogen) atoms.